The molecule has 0 aliphatic carbocycles. The smallest absolute Gasteiger partial charge is 0.481 e. The number of amides is 4. The van der Waals surface area contributed by atoms with Crippen LogP contribution in [-0.2, 0) is 44.5 Å². The third kappa shape index (κ3) is 15.1. The third-order valence-electron chi connectivity index (χ3n) is 5.99. The number of aliphatic carboxylic acids is 3. The monoisotopic (exact) mass is 661 g/mol. The first-order valence-electron chi connectivity index (χ1n) is 13.3. The van der Waals surface area contributed by atoms with Gasteiger partial charge in [0.1, 0.15) is 29.9 Å². The number of phosphoric ester groups is 1. The van der Waals surface area contributed by atoms with Gasteiger partial charge in [0.05, 0.1) is 6.04 Å². The van der Waals surface area contributed by atoms with Gasteiger partial charge in [-0.05, 0) is 44.4 Å². The van der Waals surface area contributed by atoms with E-state index in [2.05, 4.69) is 25.8 Å². The molecule has 0 aromatic heterocycles. The van der Waals surface area contributed by atoms with E-state index in [1.807, 2.05) is 0 Å². The molecule has 11 N–H and O–H groups in total. The maximum Gasteiger partial charge on any atom is 0.524 e. The van der Waals surface area contributed by atoms with Crippen molar-refractivity contribution in [3.8, 4) is 5.75 Å². The normalized spacial score (nSPS) is 14.4. The molecule has 250 valence electrons. The number of carboxylic acids is 3. The second-order valence-corrected chi connectivity index (χ2v) is 11.0. The van der Waals surface area contributed by atoms with Crippen LogP contribution in [0, 0.1) is 0 Å². The Morgan fingerprint density at radius 3 is 1.73 bits per heavy atom. The van der Waals surface area contributed by atoms with E-state index in [1.165, 1.54) is 38.1 Å². The maximum absolute atomic E-state index is 13.3. The minimum atomic E-state index is -4.87. The van der Waals surface area contributed by atoms with Gasteiger partial charge in [-0.2, -0.15) is 0 Å². The summed E-state index contributed by atoms with van der Waals surface area (Å²) in [5.74, 6) is -7.92. The highest BCUT2D eigenvalue weighted by Crippen LogP contribution is 2.37. The molecule has 0 radical (unpaired) electrons. The van der Waals surface area contributed by atoms with Crippen molar-refractivity contribution in [3.05, 3.63) is 29.8 Å². The van der Waals surface area contributed by atoms with Crippen LogP contribution in [0.2, 0.25) is 0 Å². The van der Waals surface area contributed by atoms with Crippen molar-refractivity contribution in [1.82, 2.24) is 21.3 Å². The van der Waals surface area contributed by atoms with Crippen LogP contribution in [0.4, 0.5) is 0 Å². The Labute approximate surface area is 256 Å². The number of carbonyl (C=O) groups excluding carboxylic acids is 4. The van der Waals surface area contributed by atoms with Gasteiger partial charge in [-0.15, -0.1) is 0 Å². The van der Waals surface area contributed by atoms with Crippen LogP contribution >= 0.6 is 7.82 Å². The molecule has 0 aliphatic heterocycles. The summed E-state index contributed by atoms with van der Waals surface area (Å²) >= 11 is 0. The second-order valence-electron chi connectivity index (χ2n) is 9.82. The first-order valence-corrected chi connectivity index (χ1v) is 14.8. The van der Waals surface area contributed by atoms with Crippen LogP contribution in [0.25, 0.3) is 0 Å². The number of benzene rings is 1. The molecule has 5 atom stereocenters. The number of carboxylic acid groups (broad SMARTS) is 3. The Hall–Kier alpha value is -4.58. The van der Waals surface area contributed by atoms with Gasteiger partial charge >= 0.3 is 25.7 Å². The summed E-state index contributed by atoms with van der Waals surface area (Å²) < 4.78 is 15.6. The summed E-state index contributed by atoms with van der Waals surface area (Å²) in [6.07, 6.45) is -2.10. The molecular formula is C25H36N5O14P. The minimum Gasteiger partial charge on any atom is -0.481 e. The van der Waals surface area contributed by atoms with Gasteiger partial charge < -0.3 is 46.8 Å². The molecule has 0 saturated heterocycles. The fourth-order valence-electron chi connectivity index (χ4n) is 3.55. The average Bonchev–Trinajstić information content (AvgIpc) is 2.93. The van der Waals surface area contributed by atoms with Crippen LogP contribution in [0.1, 0.15) is 45.1 Å². The van der Waals surface area contributed by atoms with Crippen LogP contribution < -0.4 is 31.5 Å². The van der Waals surface area contributed by atoms with Gasteiger partial charge in [0.15, 0.2) is 0 Å². The SMILES string of the molecule is C[C@H](NC(=O)[C@H](C)NC(=O)[C@H](Cc1ccc(OP(=O)(O)O)cc1)NC(=O)[C@H](CCC(=O)O)NC(=O)[C@@H](N)CCC(=O)O)C(=O)O. The van der Waals surface area contributed by atoms with Gasteiger partial charge in [0, 0.05) is 19.3 Å². The number of hydrogen-bond acceptors (Lipinski definition) is 10. The molecule has 0 saturated carbocycles. The Bertz CT molecular complexity index is 1300. The Kier molecular flexibility index (Phi) is 15.1. The number of nitrogens with one attached hydrogen (secondary N) is 4. The van der Waals surface area contributed by atoms with E-state index in [-0.39, 0.29) is 18.6 Å². The zero-order valence-electron chi connectivity index (χ0n) is 24.2. The number of carbonyl (C=O) groups is 7. The lowest BCUT2D eigenvalue weighted by atomic mass is 10.0. The molecule has 45 heavy (non-hydrogen) atoms. The van der Waals surface area contributed by atoms with Crippen LogP contribution in [-0.4, -0.2) is 96.9 Å². The Balaban J connectivity index is 3.24. The molecule has 0 unspecified atom stereocenters. The van der Waals surface area contributed by atoms with E-state index in [0.717, 1.165) is 0 Å². The van der Waals surface area contributed by atoms with Gasteiger partial charge in [-0.3, -0.25) is 43.3 Å². The maximum atomic E-state index is 13.3. The van der Waals surface area contributed by atoms with Crippen molar-refractivity contribution in [2.24, 2.45) is 5.73 Å². The quantitative estimate of drug-likeness (QED) is 0.0705. The van der Waals surface area contributed by atoms with E-state index < -0.39 is 98.8 Å². The van der Waals surface area contributed by atoms with Crippen molar-refractivity contribution in [1.29, 1.82) is 0 Å². The Morgan fingerprint density at radius 1 is 0.733 bits per heavy atom. The summed E-state index contributed by atoms with van der Waals surface area (Å²) in [6.45, 7) is 2.43. The van der Waals surface area contributed by atoms with Crippen molar-refractivity contribution in [2.75, 3.05) is 0 Å². The molecule has 0 heterocycles. The standard InChI is InChI=1S/C25H36N5O14P/c1-12(21(35)28-13(2)25(39)40)27-24(38)18(11-14-3-5-15(6-4-14)44-45(41,42)43)30-23(37)17(8-10-20(33)34)29-22(36)16(26)7-9-19(31)32/h3-6,12-13,16-18H,7-11,26H2,1-2H3,(H,27,38)(H,28,35)(H,29,36)(H,30,37)(H,31,32)(H,33,34)(H,39,40)(H2,41,42,43)/t12-,13-,16-,17-,18-/m0/s1. The molecule has 4 amide bonds. The summed E-state index contributed by atoms with van der Waals surface area (Å²) in [5.41, 5.74) is 6.00. The summed E-state index contributed by atoms with van der Waals surface area (Å²) in [6, 6.07) is -2.03. The number of rotatable bonds is 19. The molecule has 20 heteroatoms. The second kappa shape index (κ2) is 17.6. The number of nitrogens with two attached hydrogens (primary N) is 1. The van der Waals surface area contributed by atoms with Crippen molar-refractivity contribution in [3.63, 3.8) is 0 Å². The highest BCUT2D eigenvalue weighted by atomic mass is 31.2. The molecule has 0 spiro atoms. The average molecular weight is 662 g/mol. The summed E-state index contributed by atoms with van der Waals surface area (Å²) in [4.78, 5) is 102. The van der Waals surface area contributed by atoms with Gasteiger partial charge in [0.25, 0.3) is 0 Å². The zero-order chi connectivity index (χ0) is 34.5. The van der Waals surface area contributed by atoms with E-state index >= 15 is 0 Å². The molecular weight excluding hydrogens is 625 g/mol. The highest BCUT2D eigenvalue weighted by Gasteiger charge is 2.31. The largest absolute Gasteiger partial charge is 0.524 e. The topological polar surface area (TPSA) is 321 Å². The summed E-state index contributed by atoms with van der Waals surface area (Å²) in [7, 11) is -4.87. The lowest BCUT2D eigenvalue weighted by molar-refractivity contribution is -0.142. The molecule has 0 bridgehead atoms. The number of phosphoric acid groups is 1. The molecule has 1 rings (SSSR count). The summed E-state index contributed by atoms with van der Waals surface area (Å²) in [5, 5.41) is 36.0. The van der Waals surface area contributed by atoms with Gasteiger partial charge in [0.2, 0.25) is 23.6 Å². The van der Waals surface area contributed by atoms with Crippen molar-refractivity contribution in [2.45, 2.75) is 76.2 Å². The molecule has 1 aromatic rings. The predicted molar refractivity (Wildman–Crippen MR) is 151 cm³/mol. The predicted octanol–water partition coefficient (Wildman–Crippen LogP) is -2.18. The number of hydrogen-bond donors (Lipinski definition) is 10. The fraction of sp³-hybridized carbons (Fsp3) is 0.480. The zero-order valence-corrected chi connectivity index (χ0v) is 25.1. The van der Waals surface area contributed by atoms with E-state index in [4.69, 9.17) is 30.8 Å². The molecule has 0 fully saturated rings. The minimum absolute atomic E-state index is 0.217. The van der Waals surface area contributed by atoms with Crippen LogP contribution in [0.5, 0.6) is 5.75 Å². The third-order valence-corrected chi connectivity index (χ3v) is 6.44. The lowest BCUT2D eigenvalue weighted by Gasteiger charge is -2.25. The highest BCUT2D eigenvalue weighted by molar-refractivity contribution is 7.46. The van der Waals surface area contributed by atoms with Gasteiger partial charge in [-0.25, -0.2) is 4.57 Å². The lowest BCUT2D eigenvalue weighted by Crippen LogP contribution is -2.58. The first kappa shape index (κ1) is 38.4. The fourth-order valence-corrected chi connectivity index (χ4v) is 3.94. The van der Waals surface area contributed by atoms with E-state index in [9.17, 15) is 38.1 Å². The van der Waals surface area contributed by atoms with Crippen molar-refractivity contribution >= 4 is 49.4 Å². The molecule has 19 nitrogen and oxygen atoms in total. The van der Waals surface area contributed by atoms with E-state index in [0.29, 0.717) is 5.56 Å². The van der Waals surface area contributed by atoms with E-state index in [1.54, 1.807) is 0 Å². The first-order chi connectivity index (χ1) is 20.8. The Morgan fingerprint density at radius 2 is 1.22 bits per heavy atom. The van der Waals surface area contributed by atoms with Crippen LogP contribution in [0.15, 0.2) is 24.3 Å². The molecule has 0 aliphatic rings. The van der Waals surface area contributed by atoms with Crippen LogP contribution in [0.3, 0.4) is 0 Å². The molecule has 1 aromatic carbocycles. The van der Waals surface area contributed by atoms with Gasteiger partial charge in [-0.1, -0.05) is 12.1 Å². The van der Waals surface area contributed by atoms with Crippen molar-refractivity contribution < 1.29 is 67.8 Å².